The van der Waals surface area contributed by atoms with Crippen LogP contribution >= 0.6 is 23.3 Å². The minimum Gasteiger partial charge on any atom is -0.367 e. The lowest BCUT2D eigenvalue weighted by atomic mass is 11.0. The van der Waals surface area contributed by atoms with Gasteiger partial charge in [0.25, 0.3) is 0 Å². The first-order valence-corrected chi connectivity index (χ1v) is 4.83. The zero-order valence-electron chi connectivity index (χ0n) is 5.68. The summed E-state index contributed by atoms with van der Waals surface area (Å²) in [6.07, 6.45) is 1.94. The van der Waals surface area contributed by atoms with Crippen LogP contribution in [0.25, 0.3) is 4.96 Å². The molecular formula is C4H5N5S2. The van der Waals surface area contributed by atoms with Crippen molar-refractivity contribution in [1.82, 2.24) is 19.0 Å². The Kier molecular flexibility index (Phi) is 1.46. The first-order valence-electron chi connectivity index (χ1n) is 2.83. The monoisotopic (exact) mass is 187 g/mol. The number of fused-ring (bicyclic) bond motifs is 1. The Labute approximate surface area is 70.8 Å². The summed E-state index contributed by atoms with van der Waals surface area (Å²) >= 11 is 2.82. The highest BCUT2D eigenvalue weighted by Crippen LogP contribution is 2.20. The van der Waals surface area contributed by atoms with Crippen molar-refractivity contribution in [3.05, 3.63) is 0 Å². The molecule has 0 saturated heterocycles. The summed E-state index contributed by atoms with van der Waals surface area (Å²) in [6.45, 7) is 0. The van der Waals surface area contributed by atoms with Gasteiger partial charge in [-0.1, -0.05) is 11.8 Å². The third-order valence-electron chi connectivity index (χ3n) is 1.24. The molecule has 58 valence electrons. The summed E-state index contributed by atoms with van der Waals surface area (Å²) in [7, 11) is 0. The molecule has 0 aromatic carbocycles. The molecule has 0 aliphatic heterocycles. The van der Waals surface area contributed by atoms with Gasteiger partial charge in [-0.15, -0.1) is 10.2 Å². The molecule has 2 rings (SSSR count). The molecule has 0 radical (unpaired) electrons. The van der Waals surface area contributed by atoms with Crippen molar-refractivity contribution in [1.29, 1.82) is 0 Å². The van der Waals surface area contributed by atoms with Gasteiger partial charge in [-0.05, 0) is 6.26 Å². The van der Waals surface area contributed by atoms with Crippen LogP contribution in [0, 0.1) is 0 Å². The van der Waals surface area contributed by atoms with E-state index >= 15 is 0 Å². The van der Waals surface area contributed by atoms with Crippen LogP contribution < -0.4 is 5.73 Å². The number of hydrogen-bond acceptors (Lipinski definition) is 6. The molecule has 2 aromatic heterocycles. The quantitative estimate of drug-likeness (QED) is 0.658. The Morgan fingerprint density at radius 1 is 1.55 bits per heavy atom. The number of nitrogen functional groups attached to an aromatic ring is 1. The number of hydrogen-bond donors (Lipinski definition) is 1. The average molecular weight is 187 g/mol. The van der Waals surface area contributed by atoms with Crippen molar-refractivity contribution in [3.8, 4) is 0 Å². The second-order valence-corrected chi connectivity index (χ2v) is 3.35. The van der Waals surface area contributed by atoms with Crippen LogP contribution in [0.2, 0.25) is 0 Å². The summed E-state index contributed by atoms with van der Waals surface area (Å²) in [5, 5.41) is 8.37. The van der Waals surface area contributed by atoms with E-state index in [1.54, 1.807) is 4.40 Å². The number of anilines is 1. The molecule has 0 fully saturated rings. The van der Waals surface area contributed by atoms with Crippen LogP contribution in [0.15, 0.2) is 5.16 Å². The van der Waals surface area contributed by atoms with Gasteiger partial charge in [0.05, 0.1) is 0 Å². The first kappa shape index (κ1) is 6.86. The standard InChI is InChI=1S/C4H5N5S2/c1-10-4-8-11-3-7-6-2(5)9(3)4/h1H3,(H2,5,6). The van der Waals surface area contributed by atoms with Gasteiger partial charge >= 0.3 is 0 Å². The molecule has 0 atom stereocenters. The number of thioether (sulfide) groups is 1. The highest BCUT2D eigenvalue weighted by molar-refractivity contribution is 7.98. The van der Waals surface area contributed by atoms with Crippen molar-refractivity contribution < 1.29 is 0 Å². The number of aromatic nitrogens is 4. The van der Waals surface area contributed by atoms with E-state index in [2.05, 4.69) is 14.6 Å². The Morgan fingerprint density at radius 3 is 3.09 bits per heavy atom. The molecule has 7 heteroatoms. The first-order chi connectivity index (χ1) is 5.33. The van der Waals surface area contributed by atoms with Gasteiger partial charge in [0.1, 0.15) is 0 Å². The topological polar surface area (TPSA) is 69.1 Å². The number of rotatable bonds is 1. The Morgan fingerprint density at radius 2 is 2.36 bits per heavy atom. The summed E-state index contributed by atoms with van der Waals surface area (Å²) in [4.78, 5) is 0.742. The van der Waals surface area contributed by atoms with Crippen molar-refractivity contribution in [2.75, 3.05) is 12.0 Å². The van der Waals surface area contributed by atoms with E-state index in [0.29, 0.717) is 5.95 Å². The maximum Gasteiger partial charge on any atom is 0.237 e. The van der Waals surface area contributed by atoms with Crippen LogP contribution in [-0.2, 0) is 0 Å². The van der Waals surface area contributed by atoms with E-state index in [1.165, 1.54) is 23.3 Å². The van der Waals surface area contributed by atoms with Gasteiger partial charge in [-0.3, -0.25) is 0 Å². The van der Waals surface area contributed by atoms with E-state index < -0.39 is 0 Å². The molecule has 5 nitrogen and oxygen atoms in total. The second-order valence-electron chi connectivity index (χ2n) is 1.85. The summed E-state index contributed by atoms with van der Waals surface area (Å²) < 4.78 is 5.85. The predicted molar refractivity (Wildman–Crippen MR) is 44.9 cm³/mol. The van der Waals surface area contributed by atoms with Crippen molar-refractivity contribution in [2.45, 2.75) is 5.16 Å². The highest BCUT2D eigenvalue weighted by Gasteiger charge is 2.08. The van der Waals surface area contributed by atoms with Gasteiger partial charge < -0.3 is 5.73 Å². The third-order valence-corrected chi connectivity index (χ3v) is 2.68. The van der Waals surface area contributed by atoms with Crippen molar-refractivity contribution in [2.24, 2.45) is 0 Å². The fourth-order valence-electron chi connectivity index (χ4n) is 0.770. The van der Waals surface area contributed by atoms with E-state index in [0.717, 1.165) is 10.1 Å². The van der Waals surface area contributed by atoms with Crippen LogP contribution in [0.1, 0.15) is 0 Å². The van der Waals surface area contributed by atoms with E-state index in [4.69, 9.17) is 5.73 Å². The number of nitrogens with two attached hydrogens (primary N) is 1. The lowest BCUT2D eigenvalue weighted by Gasteiger charge is -1.89. The molecule has 0 unspecified atom stereocenters. The second kappa shape index (κ2) is 2.35. The average Bonchev–Trinajstić information content (AvgIpc) is 2.54. The Balaban J connectivity index is 2.80. The van der Waals surface area contributed by atoms with Crippen LogP contribution in [0.5, 0.6) is 0 Å². The van der Waals surface area contributed by atoms with E-state index in [1.807, 2.05) is 6.26 Å². The van der Waals surface area contributed by atoms with Crippen molar-refractivity contribution >= 4 is 34.2 Å². The van der Waals surface area contributed by atoms with Gasteiger partial charge in [0.2, 0.25) is 10.9 Å². The molecule has 2 heterocycles. The van der Waals surface area contributed by atoms with Crippen LogP contribution in [0.3, 0.4) is 0 Å². The smallest absolute Gasteiger partial charge is 0.237 e. The maximum absolute atomic E-state index is 5.54. The summed E-state index contributed by atoms with van der Waals surface area (Å²) in [5.74, 6) is 0.401. The molecule has 0 amide bonds. The fraction of sp³-hybridized carbons (Fsp3) is 0.250. The predicted octanol–water partition coefficient (Wildman–Crippen LogP) is 0.490. The van der Waals surface area contributed by atoms with Gasteiger partial charge in [-0.25, -0.2) is 4.40 Å². The van der Waals surface area contributed by atoms with Gasteiger partial charge in [-0.2, -0.15) is 4.37 Å². The zero-order valence-corrected chi connectivity index (χ0v) is 7.32. The molecule has 0 aliphatic carbocycles. The normalized spacial score (nSPS) is 11.0. The minimum absolute atomic E-state index is 0.401. The van der Waals surface area contributed by atoms with Gasteiger partial charge in [0, 0.05) is 11.5 Å². The molecule has 2 N–H and O–H groups in total. The molecule has 2 aromatic rings. The Hall–Kier alpha value is -0.820. The molecule has 0 bridgehead atoms. The van der Waals surface area contributed by atoms with Gasteiger partial charge in [0.15, 0.2) is 5.16 Å². The fourth-order valence-corrected chi connectivity index (χ4v) is 2.18. The molecule has 11 heavy (non-hydrogen) atoms. The van der Waals surface area contributed by atoms with Crippen LogP contribution in [-0.4, -0.2) is 25.2 Å². The Bertz CT molecular complexity index is 377. The largest absolute Gasteiger partial charge is 0.367 e. The van der Waals surface area contributed by atoms with E-state index in [9.17, 15) is 0 Å². The summed E-state index contributed by atoms with van der Waals surface area (Å²) in [5.41, 5.74) is 5.54. The van der Waals surface area contributed by atoms with Crippen molar-refractivity contribution in [3.63, 3.8) is 0 Å². The maximum atomic E-state index is 5.54. The lowest BCUT2D eigenvalue weighted by Crippen LogP contribution is -1.93. The SMILES string of the molecule is CSc1nsc2nnc(N)n12. The lowest BCUT2D eigenvalue weighted by molar-refractivity contribution is 0.979. The number of nitrogens with zero attached hydrogens (tertiary/aromatic N) is 4. The minimum atomic E-state index is 0.401. The third kappa shape index (κ3) is 0.881. The highest BCUT2D eigenvalue weighted by atomic mass is 32.2. The molecule has 0 saturated carbocycles. The van der Waals surface area contributed by atoms with Crippen LogP contribution in [0.4, 0.5) is 5.95 Å². The van der Waals surface area contributed by atoms with E-state index in [-0.39, 0.29) is 0 Å². The summed E-state index contributed by atoms with van der Waals surface area (Å²) in [6, 6.07) is 0. The zero-order chi connectivity index (χ0) is 7.84. The molecule has 0 spiro atoms. The molecular weight excluding hydrogens is 182 g/mol. The molecule has 0 aliphatic rings.